The lowest BCUT2D eigenvalue weighted by atomic mass is 9.99. The van der Waals surface area contributed by atoms with Crippen LogP contribution in [0.1, 0.15) is 46.0 Å². The number of carboxylic acid groups (broad SMARTS) is 1. The second-order valence-corrected chi connectivity index (χ2v) is 5.74. The van der Waals surface area contributed by atoms with Crippen LogP contribution in [-0.4, -0.2) is 41.6 Å². The largest absolute Gasteiger partial charge is 0.481 e. The van der Waals surface area contributed by atoms with Gasteiger partial charge in [0.2, 0.25) is 0 Å². The van der Waals surface area contributed by atoms with Gasteiger partial charge in [0.15, 0.2) is 0 Å². The third kappa shape index (κ3) is 5.94. The Morgan fingerprint density at radius 3 is 2.74 bits per heavy atom. The number of carbonyl (C=O) groups excluding carboxylic acids is 1. The van der Waals surface area contributed by atoms with Crippen LogP contribution < -0.4 is 5.32 Å². The summed E-state index contributed by atoms with van der Waals surface area (Å²) < 4.78 is 0. The van der Waals surface area contributed by atoms with Gasteiger partial charge in [-0.3, -0.25) is 4.79 Å². The van der Waals surface area contributed by atoms with Gasteiger partial charge in [-0.25, -0.2) is 4.79 Å². The number of carboxylic acids is 1. The van der Waals surface area contributed by atoms with E-state index in [0.29, 0.717) is 32.0 Å². The summed E-state index contributed by atoms with van der Waals surface area (Å²) >= 11 is 0. The summed E-state index contributed by atoms with van der Waals surface area (Å²) in [4.78, 5) is 24.4. The van der Waals surface area contributed by atoms with Gasteiger partial charge in [0.25, 0.3) is 0 Å². The van der Waals surface area contributed by atoms with Gasteiger partial charge in [0.05, 0.1) is 5.92 Å². The number of unbranched alkanes of at least 4 members (excludes halogenated alkanes) is 1. The van der Waals surface area contributed by atoms with E-state index in [2.05, 4.69) is 19.2 Å². The van der Waals surface area contributed by atoms with Crippen molar-refractivity contribution in [2.24, 2.45) is 11.8 Å². The molecule has 5 heteroatoms. The highest BCUT2D eigenvalue weighted by molar-refractivity contribution is 5.76. The minimum absolute atomic E-state index is 0.115. The van der Waals surface area contributed by atoms with Crippen molar-refractivity contribution < 1.29 is 14.7 Å². The Morgan fingerprint density at radius 2 is 2.11 bits per heavy atom. The Bertz CT molecular complexity index is 305. The van der Waals surface area contributed by atoms with E-state index in [1.54, 1.807) is 4.90 Å². The van der Waals surface area contributed by atoms with Crippen molar-refractivity contribution in [2.45, 2.75) is 46.0 Å². The number of nitrogens with one attached hydrogen (secondary N) is 1. The van der Waals surface area contributed by atoms with Crippen LogP contribution in [0, 0.1) is 11.8 Å². The molecule has 1 rings (SSSR count). The lowest BCUT2D eigenvalue weighted by molar-refractivity contribution is -0.143. The van der Waals surface area contributed by atoms with Crippen LogP contribution >= 0.6 is 0 Å². The predicted molar refractivity (Wildman–Crippen MR) is 74.0 cm³/mol. The molecule has 0 radical (unpaired) electrons. The first-order chi connectivity index (χ1) is 9.00. The average Bonchev–Trinajstić information content (AvgIpc) is 2.37. The molecular weight excluding hydrogens is 244 g/mol. The SMILES string of the molecule is CC(C)CCCCNC(=O)N1CCC[C@@H](C(=O)O)C1. The zero-order valence-corrected chi connectivity index (χ0v) is 12.0. The normalized spacial score (nSPS) is 19.5. The van der Waals surface area contributed by atoms with E-state index in [0.717, 1.165) is 19.3 Å². The maximum absolute atomic E-state index is 11.9. The highest BCUT2D eigenvalue weighted by Gasteiger charge is 2.27. The number of likely N-dealkylation sites (tertiary alicyclic amines) is 1. The first-order valence-corrected chi connectivity index (χ1v) is 7.26. The Hall–Kier alpha value is -1.26. The van der Waals surface area contributed by atoms with Crippen molar-refractivity contribution in [1.29, 1.82) is 0 Å². The van der Waals surface area contributed by atoms with Gasteiger partial charge in [0, 0.05) is 19.6 Å². The third-order valence-electron chi connectivity index (χ3n) is 3.54. The average molecular weight is 270 g/mol. The van der Waals surface area contributed by atoms with Crippen LogP contribution in [0.3, 0.4) is 0 Å². The fourth-order valence-corrected chi connectivity index (χ4v) is 2.35. The predicted octanol–water partition coefficient (Wildman–Crippen LogP) is 2.32. The fourth-order valence-electron chi connectivity index (χ4n) is 2.35. The van der Waals surface area contributed by atoms with Gasteiger partial charge in [-0.15, -0.1) is 0 Å². The number of piperidine rings is 1. The van der Waals surface area contributed by atoms with Crippen molar-refractivity contribution in [2.75, 3.05) is 19.6 Å². The summed E-state index contributed by atoms with van der Waals surface area (Å²) in [6.45, 7) is 6.07. The summed E-state index contributed by atoms with van der Waals surface area (Å²) in [5.41, 5.74) is 0. The van der Waals surface area contributed by atoms with E-state index in [1.165, 1.54) is 6.42 Å². The molecule has 1 heterocycles. The maximum Gasteiger partial charge on any atom is 0.317 e. The zero-order valence-electron chi connectivity index (χ0n) is 12.0. The topological polar surface area (TPSA) is 69.6 Å². The summed E-state index contributed by atoms with van der Waals surface area (Å²) in [7, 11) is 0. The number of hydrogen-bond donors (Lipinski definition) is 2. The Morgan fingerprint density at radius 1 is 1.37 bits per heavy atom. The molecule has 110 valence electrons. The molecule has 19 heavy (non-hydrogen) atoms. The molecule has 0 aliphatic carbocycles. The zero-order chi connectivity index (χ0) is 14.3. The lowest BCUT2D eigenvalue weighted by Gasteiger charge is -2.30. The van der Waals surface area contributed by atoms with Gasteiger partial charge in [-0.2, -0.15) is 0 Å². The molecule has 0 aromatic carbocycles. The van der Waals surface area contributed by atoms with Crippen molar-refractivity contribution >= 4 is 12.0 Å². The van der Waals surface area contributed by atoms with E-state index in [9.17, 15) is 9.59 Å². The molecule has 1 fully saturated rings. The van der Waals surface area contributed by atoms with Gasteiger partial charge in [-0.05, 0) is 25.2 Å². The molecule has 0 spiro atoms. The second kappa shape index (κ2) is 8.02. The van der Waals surface area contributed by atoms with Crippen molar-refractivity contribution in [1.82, 2.24) is 10.2 Å². The number of amides is 2. The summed E-state index contributed by atoms with van der Waals surface area (Å²) in [5.74, 6) is -0.496. The van der Waals surface area contributed by atoms with Gasteiger partial charge >= 0.3 is 12.0 Å². The monoisotopic (exact) mass is 270 g/mol. The van der Waals surface area contributed by atoms with E-state index in [-0.39, 0.29) is 6.03 Å². The minimum Gasteiger partial charge on any atom is -0.481 e. The Labute approximate surface area is 115 Å². The number of aliphatic carboxylic acids is 1. The van der Waals surface area contributed by atoms with Crippen molar-refractivity contribution in [3.05, 3.63) is 0 Å². The number of hydrogen-bond acceptors (Lipinski definition) is 2. The molecule has 0 unspecified atom stereocenters. The molecule has 0 aromatic rings. The molecule has 1 saturated heterocycles. The van der Waals surface area contributed by atoms with E-state index in [1.807, 2.05) is 0 Å². The molecule has 2 N–H and O–H groups in total. The quantitative estimate of drug-likeness (QED) is 0.728. The van der Waals surface area contributed by atoms with Crippen molar-refractivity contribution in [3.63, 3.8) is 0 Å². The number of carbonyl (C=O) groups is 2. The first kappa shape index (κ1) is 15.8. The Balaban J connectivity index is 2.20. The highest BCUT2D eigenvalue weighted by Crippen LogP contribution is 2.16. The minimum atomic E-state index is -0.797. The molecule has 0 bridgehead atoms. The van der Waals surface area contributed by atoms with E-state index < -0.39 is 11.9 Å². The molecule has 0 saturated carbocycles. The van der Waals surface area contributed by atoms with Crippen LogP contribution in [0.25, 0.3) is 0 Å². The van der Waals surface area contributed by atoms with Crippen LogP contribution in [0.15, 0.2) is 0 Å². The molecule has 1 aliphatic rings. The maximum atomic E-state index is 11.9. The molecular formula is C14H26N2O3. The highest BCUT2D eigenvalue weighted by atomic mass is 16.4. The van der Waals surface area contributed by atoms with Gasteiger partial charge in [-0.1, -0.05) is 26.7 Å². The van der Waals surface area contributed by atoms with Crippen molar-refractivity contribution in [3.8, 4) is 0 Å². The molecule has 1 aliphatic heterocycles. The van der Waals surface area contributed by atoms with Gasteiger partial charge < -0.3 is 15.3 Å². The van der Waals surface area contributed by atoms with Crippen LogP contribution in [0.5, 0.6) is 0 Å². The molecule has 2 amide bonds. The van der Waals surface area contributed by atoms with Crippen LogP contribution in [0.2, 0.25) is 0 Å². The number of rotatable bonds is 6. The third-order valence-corrected chi connectivity index (χ3v) is 3.54. The Kier molecular flexibility index (Phi) is 6.67. The van der Waals surface area contributed by atoms with Crippen LogP contribution in [0.4, 0.5) is 4.79 Å². The number of urea groups is 1. The first-order valence-electron chi connectivity index (χ1n) is 7.26. The standard InChI is InChI=1S/C14H26N2O3/c1-11(2)6-3-4-8-15-14(19)16-9-5-7-12(10-16)13(17)18/h11-12H,3-10H2,1-2H3,(H,15,19)(H,17,18)/t12-/m1/s1. The lowest BCUT2D eigenvalue weighted by Crippen LogP contribution is -2.47. The van der Waals surface area contributed by atoms with Crippen LogP contribution in [-0.2, 0) is 4.79 Å². The number of nitrogens with zero attached hydrogens (tertiary/aromatic N) is 1. The fraction of sp³-hybridized carbons (Fsp3) is 0.857. The molecule has 1 atom stereocenters. The summed E-state index contributed by atoms with van der Waals surface area (Å²) in [6, 6.07) is -0.115. The van der Waals surface area contributed by atoms with E-state index >= 15 is 0 Å². The van der Waals surface area contributed by atoms with Gasteiger partial charge in [0.1, 0.15) is 0 Å². The second-order valence-electron chi connectivity index (χ2n) is 5.74. The molecule has 5 nitrogen and oxygen atoms in total. The smallest absolute Gasteiger partial charge is 0.317 e. The summed E-state index contributed by atoms with van der Waals surface area (Å²) in [6.07, 6.45) is 4.74. The molecule has 0 aromatic heterocycles. The van der Waals surface area contributed by atoms with E-state index in [4.69, 9.17) is 5.11 Å². The summed E-state index contributed by atoms with van der Waals surface area (Å²) in [5, 5.41) is 11.9.